The van der Waals surface area contributed by atoms with Crippen LogP contribution >= 0.6 is 0 Å². The van der Waals surface area contributed by atoms with Crippen molar-refractivity contribution in [1.82, 2.24) is 0 Å². The number of rotatable bonds is 4. The lowest BCUT2D eigenvalue weighted by Crippen LogP contribution is -1.91. The fourth-order valence-electron chi connectivity index (χ4n) is 1.50. The van der Waals surface area contributed by atoms with E-state index in [-0.39, 0.29) is 5.75 Å². The third-order valence-electron chi connectivity index (χ3n) is 2.34. The van der Waals surface area contributed by atoms with Gasteiger partial charge in [-0.3, -0.25) is 4.79 Å². The molecule has 1 aromatic rings. The Labute approximate surface area is 84.6 Å². The van der Waals surface area contributed by atoms with Crippen molar-refractivity contribution in [3.8, 4) is 5.75 Å². The third kappa shape index (κ3) is 2.34. The summed E-state index contributed by atoms with van der Waals surface area (Å²) < 4.78 is 0. The van der Waals surface area contributed by atoms with Crippen LogP contribution in [-0.4, -0.2) is 11.4 Å². The summed E-state index contributed by atoms with van der Waals surface area (Å²) in [6.07, 6.45) is 3.93. The minimum Gasteiger partial charge on any atom is -0.507 e. The number of phenolic OH excluding ortho intramolecular Hbond substituents is 1. The molecule has 0 saturated carbocycles. The number of benzene rings is 1. The molecule has 0 bridgehead atoms. The Morgan fingerprint density at radius 2 is 2.14 bits per heavy atom. The molecule has 76 valence electrons. The zero-order valence-corrected chi connectivity index (χ0v) is 8.71. The Kier molecular flexibility index (Phi) is 3.69. The summed E-state index contributed by atoms with van der Waals surface area (Å²) in [4.78, 5) is 10.6. The largest absolute Gasteiger partial charge is 0.507 e. The lowest BCUT2D eigenvalue weighted by Gasteiger charge is -2.06. The van der Waals surface area contributed by atoms with Gasteiger partial charge in [0, 0.05) is 0 Å². The van der Waals surface area contributed by atoms with E-state index in [1.54, 1.807) is 6.07 Å². The number of unbranched alkanes of at least 4 members (excludes halogenated alkanes) is 1. The van der Waals surface area contributed by atoms with Gasteiger partial charge in [-0.05, 0) is 37.0 Å². The van der Waals surface area contributed by atoms with Gasteiger partial charge in [0.05, 0.1) is 5.56 Å². The van der Waals surface area contributed by atoms with Gasteiger partial charge in [-0.15, -0.1) is 0 Å². The molecule has 0 aromatic heterocycles. The molecule has 1 rings (SSSR count). The first kappa shape index (κ1) is 10.8. The van der Waals surface area contributed by atoms with Crippen molar-refractivity contribution in [3.63, 3.8) is 0 Å². The molecule has 0 heterocycles. The molecular formula is C12H16O2. The molecule has 2 heteroatoms. The summed E-state index contributed by atoms with van der Waals surface area (Å²) in [5, 5.41) is 9.52. The lowest BCUT2D eigenvalue weighted by atomic mass is 10.0. The van der Waals surface area contributed by atoms with Gasteiger partial charge < -0.3 is 5.11 Å². The number of aromatic hydroxyl groups is 1. The molecule has 0 fully saturated rings. The summed E-state index contributed by atoms with van der Waals surface area (Å²) in [6, 6.07) is 3.71. The molecule has 14 heavy (non-hydrogen) atoms. The average Bonchev–Trinajstić information content (AvgIpc) is 2.19. The molecule has 0 atom stereocenters. The number of aldehydes is 1. The number of hydrogen-bond donors (Lipinski definition) is 1. The first-order valence-electron chi connectivity index (χ1n) is 4.96. The van der Waals surface area contributed by atoms with Crippen molar-refractivity contribution in [2.24, 2.45) is 0 Å². The number of hydrogen-bond acceptors (Lipinski definition) is 2. The van der Waals surface area contributed by atoms with E-state index >= 15 is 0 Å². The van der Waals surface area contributed by atoms with Gasteiger partial charge in [0.2, 0.25) is 0 Å². The van der Waals surface area contributed by atoms with Gasteiger partial charge >= 0.3 is 0 Å². The summed E-state index contributed by atoms with van der Waals surface area (Å²) >= 11 is 0. The van der Waals surface area contributed by atoms with Gasteiger partial charge in [-0.1, -0.05) is 19.4 Å². The lowest BCUT2D eigenvalue weighted by molar-refractivity contribution is 0.112. The maximum absolute atomic E-state index is 10.6. The molecule has 0 saturated heterocycles. The highest BCUT2D eigenvalue weighted by Crippen LogP contribution is 2.23. The van der Waals surface area contributed by atoms with Gasteiger partial charge in [0.1, 0.15) is 5.75 Å². The predicted molar refractivity (Wildman–Crippen MR) is 56.8 cm³/mol. The normalized spacial score (nSPS) is 10.1. The second-order valence-electron chi connectivity index (χ2n) is 3.57. The first-order chi connectivity index (χ1) is 6.69. The van der Waals surface area contributed by atoms with E-state index < -0.39 is 0 Å². The molecule has 2 nitrogen and oxygen atoms in total. The van der Waals surface area contributed by atoms with E-state index in [4.69, 9.17) is 0 Å². The van der Waals surface area contributed by atoms with Crippen LogP contribution in [0.5, 0.6) is 5.75 Å². The van der Waals surface area contributed by atoms with Crippen molar-refractivity contribution in [3.05, 3.63) is 28.8 Å². The van der Waals surface area contributed by atoms with Crippen molar-refractivity contribution < 1.29 is 9.90 Å². The summed E-state index contributed by atoms with van der Waals surface area (Å²) in [7, 11) is 0. The molecular weight excluding hydrogens is 176 g/mol. The zero-order valence-electron chi connectivity index (χ0n) is 8.71. The first-order valence-corrected chi connectivity index (χ1v) is 4.96. The van der Waals surface area contributed by atoms with Crippen LogP contribution in [0.1, 0.15) is 41.3 Å². The van der Waals surface area contributed by atoms with Gasteiger partial charge in [-0.25, -0.2) is 0 Å². The minimum absolute atomic E-state index is 0.111. The van der Waals surface area contributed by atoms with E-state index in [2.05, 4.69) is 6.92 Å². The van der Waals surface area contributed by atoms with Gasteiger partial charge in [-0.2, -0.15) is 0 Å². The molecule has 0 aliphatic carbocycles. The highest BCUT2D eigenvalue weighted by molar-refractivity contribution is 5.80. The highest BCUT2D eigenvalue weighted by Gasteiger charge is 2.05. The topological polar surface area (TPSA) is 37.3 Å². The van der Waals surface area contributed by atoms with E-state index in [0.717, 1.165) is 30.4 Å². The summed E-state index contributed by atoms with van der Waals surface area (Å²) in [6.45, 7) is 3.95. The smallest absolute Gasteiger partial charge is 0.153 e. The monoisotopic (exact) mass is 192 g/mol. The van der Waals surface area contributed by atoms with Crippen LogP contribution in [0, 0.1) is 6.92 Å². The van der Waals surface area contributed by atoms with Crippen LogP contribution in [0.25, 0.3) is 0 Å². The van der Waals surface area contributed by atoms with E-state index in [1.807, 2.05) is 13.0 Å². The summed E-state index contributed by atoms with van der Waals surface area (Å²) in [5.74, 6) is 0.111. The number of phenols is 1. The second-order valence-corrected chi connectivity index (χ2v) is 3.57. The van der Waals surface area contributed by atoms with Crippen LogP contribution in [0.4, 0.5) is 0 Å². The fourth-order valence-corrected chi connectivity index (χ4v) is 1.50. The van der Waals surface area contributed by atoms with Crippen molar-refractivity contribution in [2.75, 3.05) is 0 Å². The molecule has 0 aliphatic rings. The van der Waals surface area contributed by atoms with Crippen LogP contribution in [-0.2, 0) is 6.42 Å². The third-order valence-corrected chi connectivity index (χ3v) is 2.34. The number of carbonyl (C=O) groups excluding carboxylic acids is 1. The summed E-state index contributed by atoms with van der Waals surface area (Å²) in [5.41, 5.74) is 2.31. The number of carbonyl (C=O) groups is 1. The Morgan fingerprint density at radius 1 is 1.43 bits per heavy atom. The predicted octanol–water partition coefficient (Wildman–Crippen LogP) is 2.86. The van der Waals surface area contributed by atoms with Crippen LogP contribution in [0.2, 0.25) is 0 Å². The molecule has 0 amide bonds. The number of aryl methyl sites for hydroxylation is 2. The Bertz CT molecular complexity index is 329. The zero-order chi connectivity index (χ0) is 10.6. The maximum atomic E-state index is 10.6. The Hall–Kier alpha value is -1.31. The van der Waals surface area contributed by atoms with Crippen LogP contribution < -0.4 is 0 Å². The fraction of sp³-hybridized carbons (Fsp3) is 0.417. The van der Waals surface area contributed by atoms with Gasteiger partial charge in [0.25, 0.3) is 0 Å². The van der Waals surface area contributed by atoms with E-state index in [1.165, 1.54) is 0 Å². The average molecular weight is 192 g/mol. The van der Waals surface area contributed by atoms with Gasteiger partial charge in [0.15, 0.2) is 6.29 Å². The quantitative estimate of drug-likeness (QED) is 0.745. The molecule has 0 radical (unpaired) electrons. The maximum Gasteiger partial charge on any atom is 0.153 e. The molecule has 0 unspecified atom stereocenters. The Balaban J connectivity index is 2.97. The van der Waals surface area contributed by atoms with E-state index in [0.29, 0.717) is 11.8 Å². The van der Waals surface area contributed by atoms with E-state index in [9.17, 15) is 9.90 Å². The second kappa shape index (κ2) is 4.80. The molecule has 0 spiro atoms. The van der Waals surface area contributed by atoms with Crippen LogP contribution in [0.15, 0.2) is 12.1 Å². The minimum atomic E-state index is 0.111. The van der Waals surface area contributed by atoms with Crippen molar-refractivity contribution in [1.29, 1.82) is 0 Å². The molecule has 1 aromatic carbocycles. The Morgan fingerprint density at radius 3 is 2.71 bits per heavy atom. The molecule has 1 N–H and O–H groups in total. The van der Waals surface area contributed by atoms with Crippen molar-refractivity contribution in [2.45, 2.75) is 33.1 Å². The SMILES string of the molecule is CCCCc1cc(C)c(O)c(C=O)c1. The standard InChI is InChI=1S/C12H16O2/c1-3-4-5-10-6-9(2)12(14)11(7-10)8-13/h6-8,14H,3-5H2,1-2H3. The van der Waals surface area contributed by atoms with Crippen LogP contribution in [0.3, 0.4) is 0 Å². The van der Waals surface area contributed by atoms with Crippen molar-refractivity contribution >= 4 is 6.29 Å². The highest BCUT2D eigenvalue weighted by atomic mass is 16.3. The molecule has 0 aliphatic heterocycles.